The average molecular weight is 503 g/mol. The molecule has 28 heavy (non-hydrogen) atoms. The Labute approximate surface area is 183 Å². The molecule has 0 aliphatic heterocycles. The van der Waals surface area contributed by atoms with E-state index >= 15 is 0 Å². The molecule has 1 aromatic rings. The number of amides is 2. The van der Waals surface area contributed by atoms with Gasteiger partial charge in [0.2, 0.25) is 5.91 Å². The average Bonchev–Trinajstić information content (AvgIpc) is 3.53. The first-order chi connectivity index (χ1) is 13.1. The van der Waals surface area contributed by atoms with Crippen LogP contribution in [0.5, 0.6) is 5.75 Å². The van der Waals surface area contributed by atoms with E-state index < -0.39 is 0 Å². The zero-order valence-electron chi connectivity index (χ0n) is 16.4. The maximum atomic E-state index is 12.1. The number of carbonyl (C=O) groups excluding carboxylic acids is 2. The Morgan fingerprint density at radius 1 is 1.04 bits per heavy atom. The maximum absolute atomic E-state index is 12.1. The predicted molar refractivity (Wildman–Crippen MR) is 120 cm³/mol. The molecule has 1 saturated carbocycles. The molecule has 0 unspecified atom stereocenters. The lowest BCUT2D eigenvalue weighted by Crippen LogP contribution is -2.42. The third-order valence-corrected chi connectivity index (χ3v) is 4.03. The van der Waals surface area contributed by atoms with Gasteiger partial charge in [-0.05, 0) is 44.0 Å². The zero-order valence-corrected chi connectivity index (χ0v) is 18.7. The smallest absolute Gasteiger partial charge is 0.251 e. The number of nitrogens with one attached hydrogen (secondary N) is 4. The molecule has 0 radical (unpaired) electrons. The molecule has 1 aromatic carbocycles. The van der Waals surface area contributed by atoms with Crippen molar-refractivity contribution < 1.29 is 14.3 Å². The highest BCUT2D eigenvalue weighted by Crippen LogP contribution is 2.28. The summed E-state index contributed by atoms with van der Waals surface area (Å²) in [4.78, 5) is 28.1. The number of hydrogen-bond donors (Lipinski definition) is 4. The molecule has 0 bridgehead atoms. The number of methoxy groups -OCH3 is 1. The zero-order chi connectivity index (χ0) is 19.5. The molecule has 4 N–H and O–H groups in total. The van der Waals surface area contributed by atoms with E-state index in [1.54, 1.807) is 31.4 Å². The van der Waals surface area contributed by atoms with Crippen LogP contribution in [0.3, 0.4) is 0 Å². The van der Waals surface area contributed by atoms with Gasteiger partial charge < -0.3 is 26.0 Å². The van der Waals surface area contributed by atoms with Crippen molar-refractivity contribution >= 4 is 41.8 Å². The number of nitrogens with zero attached hydrogens (tertiary/aromatic N) is 1. The minimum atomic E-state index is -0.135. The molecule has 2 rings (SSSR count). The number of benzene rings is 1. The summed E-state index contributed by atoms with van der Waals surface area (Å²) in [6.45, 7) is 4.76. The normalized spacial score (nSPS) is 13.1. The van der Waals surface area contributed by atoms with Crippen LogP contribution in [-0.2, 0) is 4.79 Å². The predicted octanol–water partition coefficient (Wildman–Crippen LogP) is 1.12. The number of guanidine groups is 1. The highest BCUT2D eigenvalue weighted by atomic mass is 127. The van der Waals surface area contributed by atoms with E-state index in [2.05, 4.69) is 26.3 Å². The molecule has 0 saturated heterocycles. The fourth-order valence-corrected chi connectivity index (χ4v) is 2.38. The van der Waals surface area contributed by atoms with Crippen LogP contribution >= 0.6 is 24.0 Å². The van der Waals surface area contributed by atoms with Crippen LogP contribution < -0.4 is 26.0 Å². The van der Waals surface area contributed by atoms with E-state index in [0.717, 1.165) is 19.4 Å². The van der Waals surface area contributed by atoms with Crippen LogP contribution in [0.2, 0.25) is 0 Å². The lowest BCUT2D eigenvalue weighted by atomic mass is 10.2. The van der Waals surface area contributed by atoms with Crippen molar-refractivity contribution in [3.05, 3.63) is 29.8 Å². The summed E-state index contributed by atoms with van der Waals surface area (Å²) in [5, 5.41) is 12.0. The molecule has 0 aromatic heterocycles. The second-order valence-corrected chi connectivity index (χ2v) is 6.24. The van der Waals surface area contributed by atoms with E-state index in [1.807, 2.05) is 6.92 Å². The molecule has 2 amide bonds. The van der Waals surface area contributed by atoms with Crippen LogP contribution in [0.15, 0.2) is 29.3 Å². The lowest BCUT2D eigenvalue weighted by molar-refractivity contribution is -0.122. The van der Waals surface area contributed by atoms with Crippen molar-refractivity contribution in [2.24, 2.45) is 10.9 Å². The van der Waals surface area contributed by atoms with Gasteiger partial charge in [0.1, 0.15) is 5.75 Å². The van der Waals surface area contributed by atoms with Gasteiger partial charge in [0.25, 0.3) is 5.91 Å². The lowest BCUT2D eigenvalue weighted by Gasteiger charge is -2.12. The quantitative estimate of drug-likeness (QED) is 0.166. The van der Waals surface area contributed by atoms with Crippen molar-refractivity contribution in [1.82, 2.24) is 21.3 Å². The van der Waals surface area contributed by atoms with Crippen molar-refractivity contribution in [2.45, 2.75) is 19.8 Å². The second-order valence-electron chi connectivity index (χ2n) is 6.24. The summed E-state index contributed by atoms with van der Waals surface area (Å²) in [6.07, 6.45) is 2.00. The largest absolute Gasteiger partial charge is 0.497 e. The Morgan fingerprint density at radius 3 is 2.32 bits per heavy atom. The van der Waals surface area contributed by atoms with E-state index in [0.29, 0.717) is 43.5 Å². The van der Waals surface area contributed by atoms with Gasteiger partial charge in [-0.15, -0.1) is 24.0 Å². The number of aliphatic imine (C=N–C) groups is 1. The summed E-state index contributed by atoms with van der Waals surface area (Å²) < 4.78 is 5.08. The van der Waals surface area contributed by atoms with Crippen molar-refractivity contribution in [2.75, 3.05) is 39.8 Å². The highest BCUT2D eigenvalue weighted by molar-refractivity contribution is 14.0. The van der Waals surface area contributed by atoms with Crippen molar-refractivity contribution in [1.29, 1.82) is 0 Å². The number of carbonyl (C=O) groups is 2. The molecule has 1 fully saturated rings. The third kappa shape index (κ3) is 8.77. The number of halogens is 1. The maximum Gasteiger partial charge on any atom is 0.251 e. The van der Waals surface area contributed by atoms with Gasteiger partial charge in [0, 0.05) is 37.7 Å². The van der Waals surface area contributed by atoms with Crippen LogP contribution in [0.1, 0.15) is 30.1 Å². The Balaban J connectivity index is 0.00000392. The van der Waals surface area contributed by atoms with Crippen molar-refractivity contribution in [3.8, 4) is 5.75 Å². The summed E-state index contributed by atoms with van der Waals surface area (Å²) in [5.41, 5.74) is 0.586. The number of rotatable bonds is 10. The fraction of sp³-hybridized carbons (Fsp3) is 0.526. The van der Waals surface area contributed by atoms with Gasteiger partial charge in [-0.3, -0.25) is 14.6 Å². The summed E-state index contributed by atoms with van der Waals surface area (Å²) >= 11 is 0. The molecule has 0 atom stereocenters. The molecule has 1 aliphatic carbocycles. The Hall–Kier alpha value is -2.04. The molecule has 1 aliphatic rings. The number of ether oxygens (including phenoxy) is 1. The molecular formula is C19H30IN5O3. The van der Waals surface area contributed by atoms with Crippen molar-refractivity contribution in [3.63, 3.8) is 0 Å². The topological polar surface area (TPSA) is 104 Å². The molecule has 8 nitrogen and oxygen atoms in total. The first kappa shape index (κ1) is 24.0. The van der Waals surface area contributed by atoms with E-state index in [-0.39, 0.29) is 41.7 Å². The fourth-order valence-electron chi connectivity index (χ4n) is 2.38. The van der Waals surface area contributed by atoms with Crippen LogP contribution in [-0.4, -0.2) is 57.6 Å². The molecule has 156 valence electrons. The minimum absolute atomic E-state index is 0. The summed E-state index contributed by atoms with van der Waals surface area (Å²) in [7, 11) is 1.59. The molecule has 0 spiro atoms. The van der Waals surface area contributed by atoms with E-state index in [9.17, 15) is 9.59 Å². The molecule has 0 heterocycles. The third-order valence-electron chi connectivity index (χ3n) is 4.03. The summed E-state index contributed by atoms with van der Waals surface area (Å²) in [5.74, 6) is 1.59. The number of hydrogen-bond acceptors (Lipinski definition) is 4. The van der Waals surface area contributed by atoms with E-state index in [4.69, 9.17) is 4.74 Å². The van der Waals surface area contributed by atoms with E-state index in [1.165, 1.54) is 0 Å². The Morgan fingerprint density at radius 2 is 1.71 bits per heavy atom. The van der Waals surface area contributed by atoms with Crippen LogP contribution in [0.4, 0.5) is 0 Å². The first-order valence-electron chi connectivity index (χ1n) is 9.36. The van der Waals surface area contributed by atoms with Gasteiger partial charge in [0.15, 0.2) is 5.96 Å². The Bertz CT molecular complexity index is 647. The van der Waals surface area contributed by atoms with Crippen LogP contribution in [0.25, 0.3) is 0 Å². The molecular weight excluding hydrogens is 473 g/mol. The second kappa shape index (κ2) is 13.2. The van der Waals surface area contributed by atoms with Gasteiger partial charge >= 0.3 is 0 Å². The minimum Gasteiger partial charge on any atom is -0.497 e. The molecule has 9 heteroatoms. The van der Waals surface area contributed by atoms with Gasteiger partial charge in [0.05, 0.1) is 13.7 Å². The SMILES string of the molecule is CCNC(=NCCNC(=O)C1CC1)NCCNC(=O)c1ccc(OC)cc1.I. The monoisotopic (exact) mass is 503 g/mol. The highest BCUT2D eigenvalue weighted by Gasteiger charge is 2.28. The first-order valence-corrected chi connectivity index (χ1v) is 9.36. The van der Waals surface area contributed by atoms with Gasteiger partial charge in [-0.25, -0.2) is 0 Å². The van der Waals surface area contributed by atoms with Gasteiger partial charge in [-0.1, -0.05) is 0 Å². The Kier molecular flexibility index (Phi) is 11.3. The van der Waals surface area contributed by atoms with Gasteiger partial charge in [-0.2, -0.15) is 0 Å². The summed E-state index contributed by atoms with van der Waals surface area (Å²) in [6, 6.07) is 6.96. The standard InChI is InChI=1S/C19H29N5O3.HI/c1-3-20-19(23-12-10-21-17(25)14-4-5-14)24-13-11-22-18(26)15-6-8-16(27-2)9-7-15;/h6-9,14H,3-5,10-13H2,1-2H3,(H,21,25)(H,22,26)(H2,20,23,24);1H. The van der Waals surface area contributed by atoms with Crippen LogP contribution in [0, 0.1) is 5.92 Å².